The zero-order valence-electron chi connectivity index (χ0n) is 17.3. The van der Waals surface area contributed by atoms with Crippen molar-refractivity contribution in [2.24, 2.45) is 0 Å². The van der Waals surface area contributed by atoms with Crippen LogP contribution in [0.4, 0.5) is 10.5 Å². The summed E-state index contributed by atoms with van der Waals surface area (Å²) in [5.74, 6) is -1.69. The first-order valence-corrected chi connectivity index (χ1v) is 9.63. The number of amides is 2. The van der Waals surface area contributed by atoms with Gasteiger partial charge in [0.25, 0.3) is 11.7 Å². The molecule has 2 amide bonds. The maximum Gasteiger partial charge on any atom is 0.412 e. The SMILES string of the molecule is COC(=O)CC[C@@H]1CCCN1C(=O)C(=O)c1ccccc1NC(=O)OC(C)(C)C. The third-order valence-electron chi connectivity index (χ3n) is 4.55. The van der Waals surface area contributed by atoms with Crippen LogP contribution in [0.15, 0.2) is 24.3 Å². The van der Waals surface area contributed by atoms with Crippen molar-refractivity contribution in [3.05, 3.63) is 29.8 Å². The van der Waals surface area contributed by atoms with Crippen LogP contribution in [0.2, 0.25) is 0 Å². The fourth-order valence-corrected chi connectivity index (χ4v) is 3.24. The van der Waals surface area contributed by atoms with Gasteiger partial charge in [-0.25, -0.2) is 4.79 Å². The summed E-state index contributed by atoms with van der Waals surface area (Å²) in [6.07, 6.45) is 1.43. The molecule has 29 heavy (non-hydrogen) atoms. The molecule has 1 saturated heterocycles. The Morgan fingerprint density at radius 1 is 1.17 bits per heavy atom. The fraction of sp³-hybridized carbons (Fsp3) is 0.524. The molecule has 1 aromatic carbocycles. The van der Waals surface area contributed by atoms with E-state index in [9.17, 15) is 19.2 Å². The number of carbonyl (C=O) groups is 4. The quantitative estimate of drug-likeness (QED) is 0.444. The third-order valence-corrected chi connectivity index (χ3v) is 4.55. The van der Waals surface area contributed by atoms with Gasteiger partial charge in [0, 0.05) is 19.0 Å². The lowest BCUT2D eigenvalue weighted by Crippen LogP contribution is -2.40. The standard InChI is InChI=1S/C21H28N2O6/c1-21(2,3)29-20(27)22-16-10-6-5-9-15(16)18(25)19(26)23-13-7-8-14(23)11-12-17(24)28-4/h5-6,9-10,14H,7-8,11-13H2,1-4H3,(H,22,27)/t14-/m0/s1. The van der Waals surface area contributed by atoms with E-state index in [0.717, 1.165) is 12.8 Å². The maximum atomic E-state index is 12.9. The van der Waals surface area contributed by atoms with Crippen LogP contribution < -0.4 is 5.32 Å². The van der Waals surface area contributed by atoms with E-state index in [1.807, 2.05) is 0 Å². The Morgan fingerprint density at radius 2 is 1.86 bits per heavy atom. The van der Waals surface area contributed by atoms with E-state index in [2.05, 4.69) is 10.1 Å². The Morgan fingerprint density at radius 3 is 2.52 bits per heavy atom. The minimum Gasteiger partial charge on any atom is -0.469 e. The Kier molecular flexibility index (Phi) is 7.36. The average Bonchev–Trinajstić information content (AvgIpc) is 3.12. The summed E-state index contributed by atoms with van der Waals surface area (Å²) in [6.45, 7) is 5.65. The van der Waals surface area contributed by atoms with E-state index >= 15 is 0 Å². The number of Topliss-reactive ketones (excluding diaryl/α,β-unsaturated/α-hetero) is 1. The first-order valence-electron chi connectivity index (χ1n) is 9.63. The summed E-state index contributed by atoms with van der Waals surface area (Å²) in [7, 11) is 1.32. The lowest BCUT2D eigenvalue weighted by molar-refractivity contribution is -0.141. The van der Waals surface area contributed by atoms with Crippen molar-refractivity contribution in [1.29, 1.82) is 0 Å². The minimum absolute atomic E-state index is 0.0991. The molecule has 0 spiro atoms. The van der Waals surface area contributed by atoms with E-state index in [-0.39, 0.29) is 29.7 Å². The van der Waals surface area contributed by atoms with E-state index in [1.165, 1.54) is 18.1 Å². The van der Waals surface area contributed by atoms with Gasteiger partial charge in [0.2, 0.25) is 0 Å². The first kappa shape index (κ1) is 22.4. The van der Waals surface area contributed by atoms with Gasteiger partial charge in [0.05, 0.1) is 18.4 Å². The molecule has 0 bridgehead atoms. The van der Waals surface area contributed by atoms with Crippen molar-refractivity contribution in [3.63, 3.8) is 0 Å². The first-order chi connectivity index (χ1) is 13.6. The lowest BCUT2D eigenvalue weighted by atomic mass is 10.1. The molecule has 0 aromatic heterocycles. The second-order valence-corrected chi connectivity index (χ2v) is 7.91. The Bertz CT molecular complexity index is 784. The molecule has 158 valence electrons. The van der Waals surface area contributed by atoms with Gasteiger partial charge < -0.3 is 14.4 Å². The van der Waals surface area contributed by atoms with E-state index in [1.54, 1.807) is 39.0 Å². The van der Waals surface area contributed by atoms with E-state index < -0.39 is 23.4 Å². The molecule has 1 heterocycles. The van der Waals surface area contributed by atoms with Crippen LogP contribution in [0.25, 0.3) is 0 Å². The summed E-state index contributed by atoms with van der Waals surface area (Å²) in [5, 5.41) is 2.54. The molecule has 0 saturated carbocycles. The molecule has 0 unspecified atom stereocenters. The number of nitrogens with one attached hydrogen (secondary N) is 1. The van der Waals surface area contributed by atoms with E-state index in [4.69, 9.17) is 4.74 Å². The van der Waals surface area contributed by atoms with Gasteiger partial charge in [-0.1, -0.05) is 12.1 Å². The average molecular weight is 404 g/mol. The Hall–Kier alpha value is -2.90. The van der Waals surface area contributed by atoms with Crippen LogP contribution in [0.5, 0.6) is 0 Å². The summed E-state index contributed by atoms with van der Waals surface area (Å²) in [5.41, 5.74) is -0.381. The molecule has 1 aromatic rings. The second kappa shape index (κ2) is 9.54. The zero-order valence-corrected chi connectivity index (χ0v) is 17.3. The van der Waals surface area contributed by atoms with Crippen molar-refractivity contribution in [1.82, 2.24) is 4.90 Å². The lowest BCUT2D eigenvalue weighted by Gasteiger charge is -2.24. The van der Waals surface area contributed by atoms with Gasteiger partial charge >= 0.3 is 12.1 Å². The largest absolute Gasteiger partial charge is 0.469 e. The highest BCUT2D eigenvalue weighted by Gasteiger charge is 2.34. The molecular weight excluding hydrogens is 376 g/mol. The molecule has 0 aliphatic carbocycles. The number of ketones is 1. The van der Waals surface area contributed by atoms with Crippen LogP contribution in [0.3, 0.4) is 0 Å². The van der Waals surface area contributed by atoms with Gasteiger partial charge in [-0.15, -0.1) is 0 Å². The number of methoxy groups -OCH3 is 1. The molecule has 1 fully saturated rings. The Labute approximate surface area is 170 Å². The molecule has 0 radical (unpaired) electrons. The van der Waals surface area contributed by atoms with Crippen LogP contribution in [-0.2, 0) is 19.1 Å². The van der Waals surface area contributed by atoms with Crippen LogP contribution in [0, 0.1) is 0 Å². The highest BCUT2D eigenvalue weighted by molar-refractivity contribution is 6.44. The van der Waals surface area contributed by atoms with Gasteiger partial charge in [0.15, 0.2) is 0 Å². The zero-order chi connectivity index (χ0) is 21.6. The number of hydrogen-bond donors (Lipinski definition) is 1. The monoisotopic (exact) mass is 404 g/mol. The van der Waals surface area contributed by atoms with Gasteiger partial charge in [-0.2, -0.15) is 0 Å². The molecule has 8 heteroatoms. The Balaban J connectivity index is 2.12. The van der Waals surface area contributed by atoms with Gasteiger partial charge in [-0.05, 0) is 52.2 Å². The summed E-state index contributed by atoms with van der Waals surface area (Å²) in [6, 6.07) is 6.13. The number of likely N-dealkylation sites (tertiary alicyclic amines) is 1. The van der Waals surface area contributed by atoms with Gasteiger partial charge in [-0.3, -0.25) is 19.7 Å². The van der Waals surface area contributed by atoms with Crippen molar-refractivity contribution in [2.45, 2.75) is 58.1 Å². The topological polar surface area (TPSA) is 102 Å². The van der Waals surface area contributed by atoms with Crippen molar-refractivity contribution < 1.29 is 28.7 Å². The predicted octanol–water partition coefficient (Wildman–Crippen LogP) is 3.16. The summed E-state index contributed by atoms with van der Waals surface area (Å²) in [4.78, 5) is 50.7. The number of esters is 1. The molecule has 1 atom stereocenters. The number of carbonyl (C=O) groups excluding carboxylic acids is 4. The highest BCUT2D eigenvalue weighted by atomic mass is 16.6. The molecule has 8 nitrogen and oxygen atoms in total. The number of para-hydroxylation sites is 1. The smallest absolute Gasteiger partial charge is 0.412 e. The third kappa shape index (κ3) is 6.30. The molecule has 1 N–H and O–H groups in total. The molecular formula is C21H28N2O6. The van der Waals surface area contributed by atoms with Crippen LogP contribution >= 0.6 is 0 Å². The number of anilines is 1. The maximum absolute atomic E-state index is 12.9. The van der Waals surface area contributed by atoms with Crippen molar-refractivity contribution >= 4 is 29.4 Å². The van der Waals surface area contributed by atoms with Crippen LogP contribution in [-0.4, -0.2) is 54.0 Å². The number of rotatable bonds is 6. The van der Waals surface area contributed by atoms with Crippen LogP contribution in [0.1, 0.15) is 56.8 Å². The normalized spacial score (nSPS) is 16.3. The molecule has 2 rings (SSSR count). The molecule has 1 aliphatic rings. The summed E-state index contributed by atoms with van der Waals surface area (Å²) < 4.78 is 9.87. The van der Waals surface area contributed by atoms with Crippen molar-refractivity contribution in [3.8, 4) is 0 Å². The fourth-order valence-electron chi connectivity index (χ4n) is 3.24. The summed E-state index contributed by atoms with van der Waals surface area (Å²) >= 11 is 0. The minimum atomic E-state index is -0.707. The second-order valence-electron chi connectivity index (χ2n) is 7.91. The number of nitrogens with zero attached hydrogens (tertiary/aromatic N) is 1. The number of hydrogen-bond acceptors (Lipinski definition) is 6. The van der Waals surface area contributed by atoms with E-state index in [0.29, 0.717) is 13.0 Å². The van der Waals surface area contributed by atoms with Crippen molar-refractivity contribution in [2.75, 3.05) is 19.0 Å². The number of benzene rings is 1. The van der Waals surface area contributed by atoms with Gasteiger partial charge in [0.1, 0.15) is 5.60 Å². The highest BCUT2D eigenvalue weighted by Crippen LogP contribution is 2.24. The predicted molar refractivity (Wildman–Crippen MR) is 107 cm³/mol. The number of ether oxygens (including phenoxy) is 2. The molecule has 1 aliphatic heterocycles.